The number of nitrogens with zero attached hydrogens (tertiary/aromatic N) is 2. The molecular weight excluding hydrogens is 358 g/mol. The van der Waals surface area contributed by atoms with Gasteiger partial charge in [0.2, 0.25) is 5.91 Å². The van der Waals surface area contributed by atoms with Gasteiger partial charge in [-0.2, -0.15) is 0 Å². The minimum Gasteiger partial charge on any atom is -0.497 e. The third-order valence-corrected chi connectivity index (χ3v) is 5.19. The largest absolute Gasteiger partial charge is 0.497 e. The highest BCUT2D eigenvalue weighted by Gasteiger charge is 2.21. The first-order valence-corrected chi connectivity index (χ1v) is 9.41. The van der Waals surface area contributed by atoms with Gasteiger partial charge >= 0.3 is 5.76 Å². The lowest BCUT2D eigenvalue weighted by Gasteiger charge is -2.36. The Morgan fingerprint density at radius 3 is 2.57 bits per heavy atom. The molecule has 1 aliphatic rings. The van der Waals surface area contributed by atoms with Gasteiger partial charge in [0.25, 0.3) is 0 Å². The van der Waals surface area contributed by atoms with Crippen LogP contribution in [0.3, 0.4) is 0 Å². The molecule has 3 aromatic rings. The van der Waals surface area contributed by atoms with E-state index in [-0.39, 0.29) is 5.91 Å². The summed E-state index contributed by atoms with van der Waals surface area (Å²) in [4.78, 5) is 30.6. The predicted molar refractivity (Wildman–Crippen MR) is 107 cm³/mol. The van der Waals surface area contributed by atoms with Gasteiger partial charge in [0, 0.05) is 44.4 Å². The molecule has 1 aromatic heterocycles. The Kier molecular flexibility index (Phi) is 5.06. The van der Waals surface area contributed by atoms with Crippen molar-refractivity contribution in [3.05, 3.63) is 58.6 Å². The SMILES string of the molecule is COc1ccc(CCC(=O)N2CCN(c3ccc4[nH]c(=O)oc4c3)CC2)cc1. The van der Waals surface area contributed by atoms with Gasteiger partial charge in [0.15, 0.2) is 5.58 Å². The van der Waals surface area contributed by atoms with Crippen LogP contribution in [0.1, 0.15) is 12.0 Å². The third kappa shape index (κ3) is 3.88. The second kappa shape index (κ2) is 7.80. The molecule has 0 unspecified atom stereocenters. The molecule has 0 aliphatic carbocycles. The molecule has 1 saturated heterocycles. The normalized spacial score (nSPS) is 14.5. The van der Waals surface area contributed by atoms with E-state index in [1.54, 1.807) is 7.11 Å². The molecular formula is C21H23N3O4. The van der Waals surface area contributed by atoms with E-state index in [0.717, 1.165) is 36.5 Å². The molecule has 7 nitrogen and oxygen atoms in total. The summed E-state index contributed by atoms with van der Waals surface area (Å²) in [7, 11) is 1.64. The molecule has 1 aliphatic heterocycles. The number of fused-ring (bicyclic) bond motifs is 1. The fraction of sp³-hybridized carbons (Fsp3) is 0.333. The zero-order valence-corrected chi connectivity index (χ0v) is 15.8. The van der Waals surface area contributed by atoms with Crippen LogP contribution in [0.15, 0.2) is 51.7 Å². The number of oxazole rings is 1. The van der Waals surface area contributed by atoms with Gasteiger partial charge in [-0.3, -0.25) is 9.78 Å². The monoisotopic (exact) mass is 381 g/mol. The summed E-state index contributed by atoms with van der Waals surface area (Å²) in [6.07, 6.45) is 1.24. The fourth-order valence-electron chi connectivity index (χ4n) is 3.55. The van der Waals surface area contributed by atoms with Gasteiger partial charge in [-0.05, 0) is 36.2 Å². The number of hydrogen-bond acceptors (Lipinski definition) is 5. The summed E-state index contributed by atoms with van der Waals surface area (Å²) in [6, 6.07) is 13.5. The molecule has 0 radical (unpaired) electrons. The first-order chi connectivity index (χ1) is 13.6. The zero-order valence-electron chi connectivity index (χ0n) is 15.8. The van der Waals surface area contributed by atoms with Crippen molar-refractivity contribution in [1.82, 2.24) is 9.88 Å². The molecule has 28 heavy (non-hydrogen) atoms. The van der Waals surface area contributed by atoms with Gasteiger partial charge in [0.1, 0.15) is 5.75 Å². The number of rotatable bonds is 5. The van der Waals surface area contributed by atoms with Crippen LogP contribution in [-0.4, -0.2) is 49.1 Å². The molecule has 0 spiro atoms. The molecule has 1 N–H and O–H groups in total. The number of amides is 1. The van der Waals surface area contributed by atoms with Crippen LogP contribution in [0, 0.1) is 0 Å². The maximum absolute atomic E-state index is 12.5. The number of aryl methyl sites for hydroxylation is 1. The Morgan fingerprint density at radius 2 is 1.86 bits per heavy atom. The highest BCUT2D eigenvalue weighted by Crippen LogP contribution is 2.22. The minimum absolute atomic E-state index is 0.183. The molecule has 1 amide bonds. The van der Waals surface area contributed by atoms with Crippen molar-refractivity contribution < 1.29 is 13.9 Å². The van der Waals surface area contributed by atoms with Crippen LogP contribution in [-0.2, 0) is 11.2 Å². The Morgan fingerprint density at radius 1 is 1.11 bits per heavy atom. The first-order valence-electron chi connectivity index (χ1n) is 9.41. The molecule has 0 bridgehead atoms. The zero-order chi connectivity index (χ0) is 19.5. The second-order valence-corrected chi connectivity index (χ2v) is 6.91. The maximum Gasteiger partial charge on any atom is 0.417 e. The highest BCUT2D eigenvalue weighted by molar-refractivity contribution is 5.78. The topological polar surface area (TPSA) is 78.8 Å². The lowest BCUT2D eigenvalue weighted by atomic mass is 10.1. The van der Waals surface area contributed by atoms with Crippen molar-refractivity contribution in [2.45, 2.75) is 12.8 Å². The Balaban J connectivity index is 1.31. The molecule has 0 atom stereocenters. The lowest BCUT2D eigenvalue weighted by molar-refractivity contribution is -0.131. The molecule has 0 saturated carbocycles. The number of methoxy groups -OCH3 is 1. The number of carbonyl (C=O) groups excluding carboxylic acids is 1. The van der Waals surface area contributed by atoms with Crippen LogP contribution >= 0.6 is 0 Å². The van der Waals surface area contributed by atoms with Gasteiger partial charge in [0.05, 0.1) is 12.6 Å². The van der Waals surface area contributed by atoms with Gasteiger partial charge in [-0.1, -0.05) is 12.1 Å². The Labute approximate surface area is 162 Å². The van der Waals surface area contributed by atoms with Crippen molar-refractivity contribution in [2.75, 3.05) is 38.2 Å². The van der Waals surface area contributed by atoms with Crippen molar-refractivity contribution in [2.24, 2.45) is 0 Å². The maximum atomic E-state index is 12.5. The van der Waals surface area contributed by atoms with E-state index in [9.17, 15) is 9.59 Å². The number of H-pyrrole nitrogens is 1. The van der Waals surface area contributed by atoms with Crippen LogP contribution < -0.4 is 15.4 Å². The Hall–Kier alpha value is -3.22. The van der Waals surface area contributed by atoms with Crippen molar-refractivity contribution in [3.8, 4) is 5.75 Å². The van der Waals surface area contributed by atoms with E-state index in [4.69, 9.17) is 9.15 Å². The molecule has 1 fully saturated rings. The van der Waals surface area contributed by atoms with E-state index >= 15 is 0 Å². The summed E-state index contributed by atoms with van der Waals surface area (Å²) < 4.78 is 10.3. The average Bonchev–Trinajstić information content (AvgIpc) is 3.11. The number of aromatic nitrogens is 1. The van der Waals surface area contributed by atoms with E-state index in [1.165, 1.54) is 0 Å². The quantitative estimate of drug-likeness (QED) is 0.734. The third-order valence-electron chi connectivity index (χ3n) is 5.19. The lowest BCUT2D eigenvalue weighted by Crippen LogP contribution is -2.48. The van der Waals surface area contributed by atoms with Crippen LogP contribution in [0.25, 0.3) is 11.1 Å². The van der Waals surface area contributed by atoms with Gasteiger partial charge in [-0.25, -0.2) is 4.79 Å². The van der Waals surface area contributed by atoms with E-state index in [2.05, 4.69) is 9.88 Å². The van der Waals surface area contributed by atoms with Crippen molar-refractivity contribution in [3.63, 3.8) is 0 Å². The van der Waals surface area contributed by atoms with Gasteiger partial charge in [-0.15, -0.1) is 0 Å². The van der Waals surface area contributed by atoms with E-state index < -0.39 is 5.76 Å². The summed E-state index contributed by atoms with van der Waals surface area (Å²) in [6.45, 7) is 2.90. The molecule has 2 heterocycles. The number of carbonyl (C=O) groups is 1. The number of anilines is 1. The molecule has 2 aromatic carbocycles. The van der Waals surface area contributed by atoms with Gasteiger partial charge < -0.3 is 19.0 Å². The summed E-state index contributed by atoms with van der Waals surface area (Å²) in [5.74, 6) is 0.560. The number of piperazine rings is 1. The average molecular weight is 381 g/mol. The highest BCUT2D eigenvalue weighted by atomic mass is 16.5. The number of ether oxygens (including phenoxy) is 1. The smallest absolute Gasteiger partial charge is 0.417 e. The van der Waals surface area contributed by atoms with Crippen LogP contribution in [0.2, 0.25) is 0 Å². The fourth-order valence-corrected chi connectivity index (χ4v) is 3.55. The van der Waals surface area contributed by atoms with Crippen LogP contribution in [0.5, 0.6) is 5.75 Å². The number of nitrogens with one attached hydrogen (secondary N) is 1. The first kappa shape index (κ1) is 18.2. The van der Waals surface area contributed by atoms with E-state index in [1.807, 2.05) is 47.4 Å². The number of aromatic amines is 1. The molecule has 146 valence electrons. The second-order valence-electron chi connectivity index (χ2n) is 6.91. The summed E-state index contributed by atoms with van der Waals surface area (Å²) in [5, 5.41) is 0. The standard InChI is InChI=1S/C21H23N3O4/c1-27-17-6-2-15(3-7-17)4-9-20(25)24-12-10-23(11-13-24)16-5-8-18-19(14-16)28-21(26)22-18/h2-3,5-8,14H,4,9-13H2,1H3,(H,22,26). The summed E-state index contributed by atoms with van der Waals surface area (Å²) in [5.41, 5.74) is 3.39. The Bertz CT molecular complexity index is 1010. The van der Waals surface area contributed by atoms with Crippen molar-refractivity contribution in [1.29, 1.82) is 0 Å². The minimum atomic E-state index is -0.445. The number of benzene rings is 2. The molecule has 4 rings (SSSR count). The summed E-state index contributed by atoms with van der Waals surface area (Å²) >= 11 is 0. The number of hydrogen-bond donors (Lipinski definition) is 1. The van der Waals surface area contributed by atoms with Crippen molar-refractivity contribution >= 4 is 22.7 Å². The van der Waals surface area contributed by atoms with E-state index in [0.29, 0.717) is 30.6 Å². The molecule has 7 heteroatoms. The van der Waals surface area contributed by atoms with Crippen LogP contribution in [0.4, 0.5) is 5.69 Å². The predicted octanol–water partition coefficient (Wildman–Crippen LogP) is 2.41.